The van der Waals surface area contributed by atoms with Crippen LogP contribution >= 0.6 is 0 Å². The van der Waals surface area contributed by atoms with Crippen LogP contribution in [0.1, 0.15) is 43.7 Å². The van der Waals surface area contributed by atoms with Crippen LogP contribution in [-0.4, -0.2) is 30.4 Å². The van der Waals surface area contributed by atoms with Crippen molar-refractivity contribution in [1.82, 2.24) is 10.2 Å². The monoisotopic (exact) mass is 298 g/mol. The first-order valence-corrected chi connectivity index (χ1v) is 8.55. The summed E-state index contributed by atoms with van der Waals surface area (Å²) in [6.45, 7) is 3.25. The highest BCUT2D eigenvalue weighted by atomic mass is 16.1. The lowest BCUT2D eigenvalue weighted by molar-refractivity contribution is -0.126. The lowest BCUT2D eigenvalue weighted by Crippen LogP contribution is -2.40. The topological polar surface area (TPSA) is 32.3 Å². The van der Waals surface area contributed by atoms with Crippen molar-refractivity contribution < 1.29 is 4.79 Å². The van der Waals surface area contributed by atoms with E-state index in [1.54, 1.807) is 0 Å². The summed E-state index contributed by atoms with van der Waals surface area (Å²) >= 11 is 0. The average molecular weight is 298 g/mol. The Balaban J connectivity index is 1.67. The maximum absolute atomic E-state index is 12.6. The predicted molar refractivity (Wildman–Crippen MR) is 89.5 cm³/mol. The molecule has 0 saturated carbocycles. The largest absolute Gasteiger partial charge is 0.348 e. The molecule has 1 aromatic rings. The van der Waals surface area contributed by atoms with Crippen LogP contribution in [0.5, 0.6) is 0 Å². The number of hydrogen-bond donors (Lipinski definition) is 1. The Bertz CT molecular complexity index is 505. The third-order valence-corrected chi connectivity index (χ3v) is 4.80. The number of allylic oxidation sites excluding steroid dienone is 2. The van der Waals surface area contributed by atoms with Crippen LogP contribution in [0.2, 0.25) is 0 Å². The van der Waals surface area contributed by atoms with E-state index in [9.17, 15) is 4.79 Å². The lowest BCUT2D eigenvalue weighted by Gasteiger charge is -2.27. The number of likely N-dealkylation sites (tertiary alicyclic amines) is 1. The molecule has 1 amide bonds. The number of amides is 1. The molecule has 0 bridgehead atoms. The molecule has 2 unspecified atom stereocenters. The third-order valence-electron chi connectivity index (χ3n) is 4.80. The second-order valence-corrected chi connectivity index (χ2v) is 6.46. The van der Waals surface area contributed by atoms with E-state index < -0.39 is 0 Å². The third kappa shape index (κ3) is 3.98. The summed E-state index contributed by atoms with van der Waals surface area (Å²) in [5.41, 5.74) is 1.22. The second-order valence-electron chi connectivity index (χ2n) is 6.46. The summed E-state index contributed by atoms with van der Waals surface area (Å²) in [6, 6.07) is 10.5. The second kappa shape index (κ2) is 7.59. The summed E-state index contributed by atoms with van der Waals surface area (Å²) in [5, 5.41) is 3.32. The molecule has 0 radical (unpaired) electrons. The zero-order chi connectivity index (χ0) is 15.2. The summed E-state index contributed by atoms with van der Waals surface area (Å²) in [6.07, 6.45) is 9.78. The van der Waals surface area contributed by atoms with Crippen molar-refractivity contribution >= 4 is 5.91 Å². The number of benzene rings is 1. The van der Waals surface area contributed by atoms with E-state index in [1.165, 1.54) is 18.4 Å². The van der Waals surface area contributed by atoms with E-state index in [4.69, 9.17) is 0 Å². The van der Waals surface area contributed by atoms with Crippen molar-refractivity contribution in [2.75, 3.05) is 19.6 Å². The quantitative estimate of drug-likeness (QED) is 0.846. The summed E-state index contributed by atoms with van der Waals surface area (Å²) in [4.78, 5) is 15.1. The molecule has 3 nitrogen and oxygen atoms in total. The number of nitrogens with one attached hydrogen (secondary N) is 1. The van der Waals surface area contributed by atoms with E-state index in [0.29, 0.717) is 0 Å². The lowest BCUT2D eigenvalue weighted by atomic mass is 9.93. The van der Waals surface area contributed by atoms with Gasteiger partial charge in [0.15, 0.2) is 0 Å². The summed E-state index contributed by atoms with van der Waals surface area (Å²) in [7, 11) is 0. The van der Waals surface area contributed by atoms with Crippen LogP contribution in [0.4, 0.5) is 0 Å². The van der Waals surface area contributed by atoms with Gasteiger partial charge in [0.1, 0.15) is 0 Å². The molecule has 2 aliphatic rings. The van der Waals surface area contributed by atoms with Crippen LogP contribution in [0.3, 0.4) is 0 Å². The van der Waals surface area contributed by atoms with Crippen LogP contribution in [-0.2, 0) is 4.79 Å². The zero-order valence-electron chi connectivity index (χ0n) is 13.2. The average Bonchev–Trinajstić information content (AvgIpc) is 3.09. The molecule has 1 fully saturated rings. The first-order valence-electron chi connectivity index (χ1n) is 8.55. The molecule has 1 aromatic carbocycles. The maximum Gasteiger partial charge on any atom is 0.223 e. The molecule has 1 aliphatic carbocycles. The van der Waals surface area contributed by atoms with Gasteiger partial charge in [0.25, 0.3) is 0 Å². The molecule has 3 rings (SSSR count). The Morgan fingerprint density at radius 3 is 2.64 bits per heavy atom. The van der Waals surface area contributed by atoms with Crippen molar-refractivity contribution in [2.24, 2.45) is 5.92 Å². The van der Waals surface area contributed by atoms with Gasteiger partial charge in [-0.3, -0.25) is 4.79 Å². The van der Waals surface area contributed by atoms with Gasteiger partial charge in [0, 0.05) is 12.5 Å². The van der Waals surface area contributed by atoms with Crippen molar-refractivity contribution in [3.63, 3.8) is 0 Å². The van der Waals surface area contributed by atoms with Gasteiger partial charge in [-0.1, -0.05) is 42.5 Å². The van der Waals surface area contributed by atoms with Crippen molar-refractivity contribution in [1.29, 1.82) is 0 Å². The molecule has 3 heteroatoms. The van der Waals surface area contributed by atoms with Crippen molar-refractivity contribution in [2.45, 2.75) is 38.1 Å². The normalized spacial score (nSPS) is 23.4. The van der Waals surface area contributed by atoms with E-state index in [0.717, 1.165) is 38.9 Å². The predicted octanol–water partition coefficient (Wildman–Crippen LogP) is 3.30. The number of hydrogen-bond acceptors (Lipinski definition) is 2. The number of carbonyl (C=O) groups excluding carboxylic acids is 1. The Morgan fingerprint density at radius 2 is 1.95 bits per heavy atom. The molecule has 1 aliphatic heterocycles. The molecule has 22 heavy (non-hydrogen) atoms. The maximum atomic E-state index is 12.6. The summed E-state index contributed by atoms with van der Waals surface area (Å²) < 4.78 is 0. The van der Waals surface area contributed by atoms with Crippen LogP contribution < -0.4 is 5.32 Å². The smallest absolute Gasteiger partial charge is 0.223 e. The van der Waals surface area contributed by atoms with Gasteiger partial charge in [-0.15, -0.1) is 0 Å². The van der Waals surface area contributed by atoms with Gasteiger partial charge in [-0.2, -0.15) is 0 Å². The van der Waals surface area contributed by atoms with Crippen molar-refractivity contribution in [3.8, 4) is 0 Å². The number of carbonyl (C=O) groups is 1. The highest BCUT2D eigenvalue weighted by Crippen LogP contribution is 2.22. The fourth-order valence-corrected chi connectivity index (χ4v) is 3.46. The van der Waals surface area contributed by atoms with Gasteiger partial charge in [-0.05, 0) is 50.8 Å². The van der Waals surface area contributed by atoms with Crippen LogP contribution in [0, 0.1) is 5.92 Å². The fourth-order valence-electron chi connectivity index (χ4n) is 3.46. The minimum absolute atomic E-state index is 0.109. The van der Waals surface area contributed by atoms with Gasteiger partial charge in [0.2, 0.25) is 5.91 Å². The molecule has 1 N–H and O–H groups in total. The Kier molecular flexibility index (Phi) is 5.28. The Hall–Kier alpha value is -1.61. The fraction of sp³-hybridized carbons (Fsp3) is 0.526. The van der Waals surface area contributed by atoms with Gasteiger partial charge in [0.05, 0.1) is 6.04 Å². The SMILES string of the molecule is O=C(NC(CN1CCCC1)c1ccccc1)C1CC=CCC1. The molecule has 0 spiro atoms. The van der Waals surface area contributed by atoms with E-state index in [-0.39, 0.29) is 17.9 Å². The molecular weight excluding hydrogens is 272 g/mol. The number of rotatable bonds is 5. The van der Waals surface area contributed by atoms with Crippen LogP contribution in [0.25, 0.3) is 0 Å². The van der Waals surface area contributed by atoms with Crippen molar-refractivity contribution in [3.05, 3.63) is 48.0 Å². The molecule has 1 saturated heterocycles. The highest BCUT2D eigenvalue weighted by Gasteiger charge is 2.24. The zero-order valence-corrected chi connectivity index (χ0v) is 13.2. The van der Waals surface area contributed by atoms with Gasteiger partial charge >= 0.3 is 0 Å². The Morgan fingerprint density at radius 1 is 1.18 bits per heavy atom. The minimum Gasteiger partial charge on any atom is -0.348 e. The van der Waals surface area contributed by atoms with E-state index in [1.807, 2.05) is 6.07 Å². The standard InChI is InChI=1S/C19H26N2O/c22-19(17-11-5-2-6-12-17)20-18(15-21-13-7-8-14-21)16-9-3-1-4-10-16/h1-5,9-10,17-18H,6-8,11-15H2,(H,20,22). The number of nitrogens with zero attached hydrogens (tertiary/aromatic N) is 1. The molecule has 2 atom stereocenters. The minimum atomic E-state index is 0.109. The molecule has 118 valence electrons. The van der Waals surface area contributed by atoms with E-state index >= 15 is 0 Å². The highest BCUT2D eigenvalue weighted by molar-refractivity contribution is 5.79. The first kappa shape index (κ1) is 15.3. The molecule has 1 heterocycles. The van der Waals surface area contributed by atoms with Gasteiger partial charge < -0.3 is 10.2 Å². The van der Waals surface area contributed by atoms with Crippen LogP contribution in [0.15, 0.2) is 42.5 Å². The molecular formula is C19H26N2O. The Labute approximate surface area is 133 Å². The van der Waals surface area contributed by atoms with E-state index in [2.05, 4.69) is 46.6 Å². The summed E-state index contributed by atoms with van der Waals surface area (Å²) in [5.74, 6) is 0.368. The molecule has 0 aromatic heterocycles. The van der Waals surface area contributed by atoms with Gasteiger partial charge in [-0.25, -0.2) is 0 Å². The first-order chi connectivity index (χ1) is 10.8.